The molecule has 2 aromatic rings. The Hall–Kier alpha value is -2.20. The number of para-hydroxylation sites is 2. The summed E-state index contributed by atoms with van der Waals surface area (Å²) in [6.45, 7) is 11.3. The van der Waals surface area contributed by atoms with E-state index in [9.17, 15) is 0 Å². The zero-order chi connectivity index (χ0) is 20.3. The number of hydrogen-bond acceptors (Lipinski definition) is 3. The van der Waals surface area contributed by atoms with Crippen molar-refractivity contribution in [3.63, 3.8) is 0 Å². The third-order valence-corrected chi connectivity index (χ3v) is 5.62. The van der Waals surface area contributed by atoms with Gasteiger partial charge in [-0.3, -0.25) is 0 Å². The summed E-state index contributed by atoms with van der Waals surface area (Å²) in [6, 6.07) is 17.1. The highest BCUT2D eigenvalue weighted by atomic mass is 16.5. The van der Waals surface area contributed by atoms with Crippen LogP contribution in [0.25, 0.3) is 0 Å². The second-order valence-corrected chi connectivity index (χ2v) is 7.87. The van der Waals surface area contributed by atoms with E-state index in [1.54, 1.807) is 4.90 Å². The number of nitrogens with zero attached hydrogens (tertiary/aromatic N) is 1. The average Bonchev–Trinajstić information content (AvgIpc) is 2.76. The summed E-state index contributed by atoms with van der Waals surface area (Å²) in [6.07, 6.45) is 4.98. The zero-order valence-electron chi connectivity index (χ0n) is 18.2. The SMILES string of the molecule is CCCCCCOc1ccc(C[NH+]2CCN(c3ccccc3OCC)CC2)cc1. The van der Waals surface area contributed by atoms with Gasteiger partial charge in [-0.15, -0.1) is 0 Å². The molecule has 0 amide bonds. The number of quaternary nitrogens is 1. The van der Waals surface area contributed by atoms with Gasteiger partial charge in [-0.2, -0.15) is 0 Å². The van der Waals surface area contributed by atoms with Crippen molar-refractivity contribution in [2.24, 2.45) is 0 Å². The molecule has 4 nitrogen and oxygen atoms in total. The maximum absolute atomic E-state index is 5.87. The van der Waals surface area contributed by atoms with E-state index in [0.29, 0.717) is 6.61 Å². The van der Waals surface area contributed by atoms with Gasteiger partial charge in [-0.1, -0.05) is 38.3 Å². The molecule has 29 heavy (non-hydrogen) atoms. The highest BCUT2D eigenvalue weighted by Crippen LogP contribution is 2.27. The number of unbranched alkanes of at least 4 members (excludes halogenated alkanes) is 3. The van der Waals surface area contributed by atoms with E-state index >= 15 is 0 Å². The Balaban J connectivity index is 1.44. The molecule has 1 N–H and O–H groups in total. The fraction of sp³-hybridized carbons (Fsp3) is 0.520. The molecule has 0 bridgehead atoms. The number of rotatable bonds is 11. The standard InChI is InChI=1S/C25H36N2O2/c1-3-5-6-9-20-29-23-14-12-22(13-15-23)21-26-16-18-27(19-17-26)24-10-7-8-11-25(24)28-4-2/h7-8,10-15H,3-6,9,16-21H2,1-2H3/p+1. The van der Waals surface area contributed by atoms with Crippen LogP contribution in [0.3, 0.4) is 0 Å². The first-order chi connectivity index (χ1) is 14.3. The highest BCUT2D eigenvalue weighted by Gasteiger charge is 2.22. The molecule has 1 saturated heterocycles. The van der Waals surface area contributed by atoms with Crippen LogP contribution in [0, 0.1) is 0 Å². The van der Waals surface area contributed by atoms with Crippen LogP contribution in [0.15, 0.2) is 48.5 Å². The minimum absolute atomic E-state index is 0.709. The summed E-state index contributed by atoms with van der Waals surface area (Å²) < 4.78 is 11.7. The van der Waals surface area contributed by atoms with E-state index in [2.05, 4.69) is 60.4 Å². The molecule has 0 saturated carbocycles. The second kappa shape index (κ2) is 11.7. The Kier molecular flexibility index (Phi) is 8.69. The minimum atomic E-state index is 0.709. The molecule has 0 atom stereocenters. The highest BCUT2D eigenvalue weighted by molar-refractivity contribution is 5.58. The van der Waals surface area contributed by atoms with Crippen LogP contribution in [-0.2, 0) is 6.54 Å². The number of piperazine rings is 1. The van der Waals surface area contributed by atoms with Gasteiger partial charge in [0.25, 0.3) is 0 Å². The van der Waals surface area contributed by atoms with Crippen LogP contribution < -0.4 is 19.3 Å². The molecular weight excluding hydrogens is 360 g/mol. The fourth-order valence-electron chi connectivity index (χ4n) is 3.95. The van der Waals surface area contributed by atoms with E-state index < -0.39 is 0 Å². The summed E-state index contributed by atoms with van der Waals surface area (Å²) in [4.78, 5) is 4.10. The van der Waals surface area contributed by atoms with Crippen LogP contribution in [0.5, 0.6) is 11.5 Å². The summed E-state index contributed by atoms with van der Waals surface area (Å²) >= 11 is 0. The van der Waals surface area contributed by atoms with Gasteiger partial charge in [0.15, 0.2) is 0 Å². The summed E-state index contributed by atoms with van der Waals surface area (Å²) in [5.74, 6) is 2.00. The first-order valence-corrected chi connectivity index (χ1v) is 11.3. The van der Waals surface area contributed by atoms with Crippen molar-refractivity contribution in [3.05, 3.63) is 54.1 Å². The molecule has 3 rings (SSSR count). The fourth-order valence-corrected chi connectivity index (χ4v) is 3.95. The van der Waals surface area contributed by atoms with E-state index in [4.69, 9.17) is 9.47 Å². The molecule has 0 aromatic heterocycles. The summed E-state index contributed by atoms with van der Waals surface area (Å²) in [5, 5.41) is 0. The molecule has 1 aliphatic rings. The molecule has 158 valence electrons. The minimum Gasteiger partial charge on any atom is -0.494 e. The smallest absolute Gasteiger partial charge is 0.142 e. The molecule has 0 radical (unpaired) electrons. The molecule has 1 heterocycles. The van der Waals surface area contributed by atoms with Gasteiger partial charge in [0.1, 0.15) is 18.0 Å². The lowest BCUT2D eigenvalue weighted by Gasteiger charge is -2.34. The normalized spacial score (nSPS) is 14.8. The number of hydrogen-bond donors (Lipinski definition) is 1. The maximum Gasteiger partial charge on any atom is 0.142 e. The van der Waals surface area contributed by atoms with Gasteiger partial charge >= 0.3 is 0 Å². The van der Waals surface area contributed by atoms with Crippen molar-refractivity contribution in [1.82, 2.24) is 0 Å². The quantitative estimate of drug-likeness (QED) is 0.582. The van der Waals surface area contributed by atoms with Gasteiger partial charge in [0.2, 0.25) is 0 Å². The van der Waals surface area contributed by atoms with Crippen molar-refractivity contribution >= 4 is 5.69 Å². The van der Waals surface area contributed by atoms with Crippen LogP contribution in [0.1, 0.15) is 45.1 Å². The predicted octanol–water partition coefficient (Wildman–Crippen LogP) is 3.95. The molecule has 0 spiro atoms. The van der Waals surface area contributed by atoms with E-state index in [1.165, 1.54) is 30.5 Å². The molecule has 0 unspecified atom stereocenters. The Morgan fingerprint density at radius 3 is 2.34 bits per heavy atom. The lowest BCUT2D eigenvalue weighted by molar-refractivity contribution is -0.914. The number of ether oxygens (including phenoxy) is 2. The number of benzene rings is 2. The van der Waals surface area contributed by atoms with E-state index in [0.717, 1.165) is 57.3 Å². The summed E-state index contributed by atoms with van der Waals surface area (Å²) in [5.41, 5.74) is 2.62. The van der Waals surface area contributed by atoms with Crippen molar-refractivity contribution in [3.8, 4) is 11.5 Å². The topological polar surface area (TPSA) is 26.1 Å². The van der Waals surface area contributed by atoms with Crippen LogP contribution in [-0.4, -0.2) is 39.4 Å². The molecule has 4 heteroatoms. The maximum atomic E-state index is 5.87. The molecule has 1 aliphatic heterocycles. The molecule has 1 fully saturated rings. The Bertz CT molecular complexity index is 709. The Morgan fingerprint density at radius 2 is 1.62 bits per heavy atom. The van der Waals surface area contributed by atoms with Crippen molar-refractivity contribution in [2.75, 3.05) is 44.3 Å². The second-order valence-electron chi connectivity index (χ2n) is 7.87. The predicted molar refractivity (Wildman–Crippen MR) is 120 cm³/mol. The first kappa shape index (κ1) is 21.5. The Labute approximate surface area is 176 Å². The van der Waals surface area contributed by atoms with E-state index in [1.807, 2.05) is 6.92 Å². The Morgan fingerprint density at radius 1 is 0.862 bits per heavy atom. The third kappa shape index (κ3) is 6.67. The number of nitrogens with one attached hydrogen (secondary N) is 1. The van der Waals surface area contributed by atoms with Gasteiger partial charge in [-0.25, -0.2) is 0 Å². The molecule has 0 aliphatic carbocycles. The third-order valence-electron chi connectivity index (χ3n) is 5.62. The van der Waals surface area contributed by atoms with Crippen LogP contribution in [0.4, 0.5) is 5.69 Å². The van der Waals surface area contributed by atoms with Crippen LogP contribution in [0.2, 0.25) is 0 Å². The lowest BCUT2D eigenvalue weighted by atomic mass is 10.1. The van der Waals surface area contributed by atoms with Crippen molar-refractivity contribution in [1.29, 1.82) is 0 Å². The van der Waals surface area contributed by atoms with Crippen molar-refractivity contribution in [2.45, 2.75) is 46.1 Å². The van der Waals surface area contributed by atoms with Gasteiger partial charge in [0.05, 0.1) is 45.1 Å². The van der Waals surface area contributed by atoms with Gasteiger partial charge in [-0.05, 0) is 49.7 Å². The lowest BCUT2D eigenvalue weighted by Crippen LogP contribution is -3.13. The van der Waals surface area contributed by atoms with Gasteiger partial charge in [0, 0.05) is 5.56 Å². The zero-order valence-corrected chi connectivity index (χ0v) is 18.2. The summed E-state index contributed by atoms with van der Waals surface area (Å²) in [7, 11) is 0. The van der Waals surface area contributed by atoms with Crippen molar-refractivity contribution < 1.29 is 14.4 Å². The van der Waals surface area contributed by atoms with Crippen LogP contribution >= 0.6 is 0 Å². The monoisotopic (exact) mass is 397 g/mol. The molecule has 2 aromatic carbocycles. The van der Waals surface area contributed by atoms with E-state index in [-0.39, 0.29) is 0 Å². The van der Waals surface area contributed by atoms with Gasteiger partial charge < -0.3 is 19.3 Å². The first-order valence-electron chi connectivity index (χ1n) is 11.3. The number of anilines is 1. The largest absolute Gasteiger partial charge is 0.494 e. The molecular formula is C25H37N2O2+. The average molecular weight is 398 g/mol.